The van der Waals surface area contributed by atoms with Crippen LogP contribution in [0.25, 0.3) is 0 Å². The second-order valence-electron chi connectivity index (χ2n) is 3.92. The Hall–Kier alpha value is -0.985. The molecule has 3 heteroatoms. The molecule has 0 unspecified atom stereocenters. The van der Waals surface area contributed by atoms with Crippen LogP contribution >= 0.6 is 0 Å². The Morgan fingerprint density at radius 1 is 1.50 bits per heavy atom. The maximum atomic E-state index is 13.6. The Morgan fingerprint density at radius 3 is 2.69 bits per heavy atom. The van der Waals surface area contributed by atoms with Crippen LogP contribution in [-0.2, 0) is 4.74 Å². The predicted octanol–water partition coefficient (Wildman–Crippen LogP) is 3.95. The van der Waals surface area contributed by atoms with Crippen molar-refractivity contribution in [3.05, 3.63) is 35.8 Å². The summed E-state index contributed by atoms with van der Waals surface area (Å²) in [7, 11) is 0.701. The number of ether oxygens (including phenoxy) is 1. The highest BCUT2D eigenvalue weighted by atomic mass is 19.1. The molecule has 0 aromatic heterocycles. The van der Waals surface area contributed by atoms with Gasteiger partial charge in [-0.2, -0.15) is 0 Å². The molecule has 0 aliphatic carbocycles. The van der Waals surface area contributed by atoms with Crippen LogP contribution in [0.1, 0.15) is 33.1 Å². The minimum atomic E-state index is -0.252. The van der Waals surface area contributed by atoms with Crippen molar-refractivity contribution in [2.75, 3.05) is 6.61 Å². The van der Waals surface area contributed by atoms with Gasteiger partial charge >= 0.3 is 0 Å². The van der Waals surface area contributed by atoms with E-state index in [9.17, 15) is 4.39 Å². The van der Waals surface area contributed by atoms with Gasteiger partial charge in [0.15, 0.2) is 13.1 Å². The standard InChI is InChI=1S/C13H22BFO/c1-5-6-7-12(14-4)13(15)10-16-9-8-11(2)3/h7,10,14H,2,5-6,8-9H2,1,3-4H3/b12-7+,13-10-. The topological polar surface area (TPSA) is 9.23 Å². The normalized spacial score (nSPS) is 12.5. The highest BCUT2D eigenvalue weighted by molar-refractivity contribution is 6.45. The van der Waals surface area contributed by atoms with Crippen LogP contribution in [0.2, 0.25) is 6.82 Å². The van der Waals surface area contributed by atoms with E-state index in [4.69, 9.17) is 4.74 Å². The molecule has 0 aromatic rings. The zero-order chi connectivity index (χ0) is 12.4. The third-order valence-corrected chi connectivity index (χ3v) is 2.20. The summed E-state index contributed by atoms with van der Waals surface area (Å²) < 4.78 is 18.7. The molecule has 0 aromatic carbocycles. The Bertz CT molecular complexity index is 269. The molecule has 0 radical (unpaired) electrons. The van der Waals surface area contributed by atoms with Crippen molar-refractivity contribution >= 4 is 7.28 Å². The molecule has 16 heavy (non-hydrogen) atoms. The monoisotopic (exact) mass is 224 g/mol. The summed E-state index contributed by atoms with van der Waals surface area (Å²) in [4.78, 5) is 0. The average Bonchev–Trinajstić information content (AvgIpc) is 2.25. The van der Waals surface area contributed by atoms with Crippen molar-refractivity contribution in [3.8, 4) is 0 Å². The maximum Gasteiger partial charge on any atom is 0.158 e. The van der Waals surface area contributed by atoms with E-state index in [0.717, 1.165) is 30.3 Å². The third-order valence-electron chi connectivity index (χ3n) is 2.20. The summed E-state index contributed by atoms with van der Waals surface area (Å²) in [6, 6.07) is 0. The predicted molar refractivity (Wildman–Crippen MR) is 70.6 cm³/mol. The Kier molecular flexibility index (Phi) is 8.69. The summed E-state index contributed by atoms with van der Waals surface area (Å²) in [5.41, 5.74) is 1.78. The van der Waals surface area contributed by atoms with E-state index in [0.29, 0.717) is 13.9 Å². The van der Waals surface area contributed by atoms with E-state index < -0.39 is 0 Å². The van der Waals surface area contributed by atoms with Gasteiger partial charge in [-0.3, -0.25) is 0 Å². The molecular weight excluding hydrogens is 202 g/mol. The fourth-order valence-corrected chi connectivity index (χ4v) is 1.17. The van der Waals surface area contributed by atoms with Crippen molar-refractivity contribution in [2.45, 2.75) is 39.9 Å². The zero-order valence-electron chi connectivity index (χ0n) is 10.7. The van der Waals surface area contributed by atoms with Crippen LogP contribution in [0.15, 0.2) is 35.8 Å². The molecule has 1 nitrogen and oxygen atoms in total. The van der Waals surface area contributed by atoms with Gasteiger partial charge in [0, 0.05) is 6.42 Å². The van der Waals surface area contributed by atoms with Crippen molar-refractivity contribution in [2.24, 2.45) is 0 Å². The van der Waals surface area contributed by atoms with Crippen molar-refractivity contribution < 1.29 is 9.13 Å². The molecule has 0 heterocycles. The van der Waals surface area contributed by atoms with Gasteiger partial charge in [-0.1, -0.05) is 37.3 Å². The molecule has 0 spiro atoms. The summed E-state index contributed by atoms with van der Waals surface area (Å²) in [6.45, 7) is 10.2. The van der Waals surface area contributed by atoms with Crippen LogP contribution in [0.5, 0.6) is 0 Å². The lowest BCUT2D eigenvalue weighted by Crippen LogP contribution is -1.95. The molecular formula is C13H22BFO. The van der Waals surface area contributed by atoms with E-state index in [1.807, 2.05) is 19.8 Å². The van der Waals surface area contributed by atoms with Crippen molar-refractivity contribution in [1.29, 1.82) is 0 Å². The number of allylic oxidation sites excluding steroid dienone is 3. The van der Waals surface area contributed by atoms with Crippen LogP contribution in [0, 0.1) is 0 Å². The summed E-state index contributed by atoms with van der Waals surface area (Å²) >= 11 is 0. The first kappa shape index (κ1) is 15.0. The second kappa shape index (κ2) is 9.26. The first-order valence-corrected chi connectivity index (χ1v) is 5.92. The molecule has 0 saturated carbocycles. The summed E-state index contributed by atoms with van der Waals surface area (Å²) in [5, 5.41) is 0. The molecule has 90 valence electrons. The zero-order valence-corrected chi connectivity index (χ0v) is 10.7. The molecule has 0 atom stereocenters. The molecule has 0 rings (SSSR count). The molecule has 0 fully saturated rings. The Morgan fingerprint density at radius 2 is 2.19 bits per heavy atom. The molecule has 0 N–H and O–H groups in total. The van der Waals surface area contributed by atoms with Gasteiger partial charge in [0.2, 0.25) is 0 Å². The van der Waals surface area contributed by atoms with Crippen LogP contribution in [-0.4, -0.2) is 13.9 Å². The molecule has 0 aliphatic heterocycles. The minimum absolute atomic E-state index is 0.252. The Labute approximate surface area is 99.3 Å². The average molecular weight is 224 g/mol. The number of halogens is 1. The van der Waals surface area contributed by atoms with Crippen LogP contribution in [0.4, 0.5) is 4.39 Å². The van der Waals surface area contributed by atoms with E-state index in [2.05, 4.69) is 13.5 Å². The van der Waals surface area contributed by atoms with Crippen LogP contribution in [0.3, 0.4) is 0 Å². The highest BCUT2D eigenvalue weighted by Gasteiger charge is 2.02. The molecule has 0 amide bonds. The van der Waals surface area contributed by atoms with Gasteiger partial charge in [0.25, 0.3) is 0 Å². The summed E-state index contributed by atoms with van der Waals surface area (Å²) in [5.74, 6) is -0.252. The number of rotatable bonds is 8. The number of hydrogen-bond acceptors (Lipinski definition) is 1. The molecule has 0 bridgehead atoms. The fourth-order valence-electron chi connectivity index (χ4n) is 1.17. The summed E-state index contributed by atoms with van der Waals surface area (Å²) in [6.07, 6.45) is 5.87. The fraction of sp³-hybridized carbons (Fsp3) is 0.538. The third kappa shape index (κ3) is 7.33. The number of hydrogen-bond donors (Lipinski definition) is 0. The van der Waals surface area contributed by atoms with Crippen molar-refractivity contribution in [3.63, 3.8) is 0 Å². The van der Waals surface area contributed by atoms with Gasteiger partial charge in [0.05, 0.1) is 6.61 Å². The quantitative estimate of drug-likeness (QED) is 0.199. The van der Waals surface area contributed by atoms with Crippen LogP contribution < -0.4 is 0 Å². The van der Waals surface area contributed by atoms with Gasteiger partial charge in [-0.25, -0.2) is 4.39 Å². The lowest BCUT2D eigenvalue weighted by molar-refractivity contribution is 0.245. The van der Waals surface area contributed by atoms with Gasteiger partial charge in [-0.05, 0) is 13.3 Å². The van der Waals surface area contributed by atoms with E-state index >= 15 is 0 Å². The molecule has 0 saturated heterocycles. The van der Waals surface area contributed by atoms with Gasteiger partial charge in [0.1, 0.15) is 6.26 Å². The SMILES string of the molecule is C=C(C)CCO/C=C(F)/C(BC)=C\CCC. The van der Waals surface area contributed by atoms with E-state index in [-0.39, 0.29) is 5.83 Å². The number of unbranched alkanes of at least 4 members (excludes halogenated alkanes) is 1. The van der Waals surface area contributed by atoms with E-state index in [1.165, 1.54) is 6.26 Å². The van der Waals surface area contributed by atoms with Crippen molar-refractivity contribution in [1.82, 2.24) is 0 Å². The maximum absolute atomic E-state index is 13.6. The second-order valence-corrected chi connectivity index (χ2v) is 3.92. The lowest BCUT2D eigenvalue weighted by atomic mass is 9.71. The molecule has 0 aliphatic rings. The first-order valence-electron chi connectivity index (χ1n) is 5.92. The minimum Gasteiger partial charge on any atom is -0.498 e. The first-order chi connectivity index (χ1) is 7.61. The highest BCUT2D eigenvalue weighted by Crippen LogP contribution is 2.12. The Balaban J connectivity index is 4.12. The smallest absolute Gasteiger partial charge is 0.158 e. The lowest BCUT2D eigenvalue weighted by Gasteiger charge is -2.03. The van der Waals surface area contributed by atoms with E-state index in [1.54, 1.807) is 0 Å². The largest absolute Gasteiger partial charge is 0.498 e. The van der Waals surface area contributed by atoms with Gasteiger partial charge in [-0.15, -0.1) is 6.58 Å². The van der Waals surface area contributed by atoms with Gasteiger partial charge < -0.3 is 4.74 Å².